The van der Waals surface area contributed by atoms with E-state index >= 15 is 0 Å². The predicted octanol–water partition coefficient (Wildman–Crippen LogP) is 3.56. The number of nitrogens with zero attached hydrogens (tertiary/aromatic N) is 1. The van der Waals surface area contributed by atoms with Gasteiger partial charge in [-0.25, -0.2) is 4.79 Å². The van der Waals surface area contributed by atoms with Gasteiger partial charge in [-0.2, -0.15) is 0 Å². The third kappa shape index (κ3) is 3.84. The van der Waals surface area contributed by atoms with Crippen LogP contribution >= 0.6 is 0 Å². The molecule has 6 nitrogen and oxygen atoms in total. The Kier molecular flexibility index (Phi) is 5.08. The maximum atomic E-state index is 12.2. The largest absolute Gasteiger partial charge is 0.454 e. The highest BCUT2D eigenvalue weighted by Gasteiger charge is 2.18. The molecule has 0 N–H and O–H groups in total. The van der Waals surface area contributed by atoms with Crippen LogP contribution in [-0.4, -0.2) is 23.3 Å². The van der Waals surface area contributed by atoms with Gasteiger partial charge in [0.1, 0.15) is 0 Å². The van der Waals surface area contributed by atoms with Gasteiger partial charge in [-0.15, -0.1) is 0 Å². The molecule has 0 aliphatic heterocycles. The average Bonchev–Trinajstić information content (AvgIpc) is 2.54. The molecule has 6 heteroatoms. The molecule has 24 heavy (non-hydrogen) atoms. The number of nitro groups is 1. The van der Waals surface area contributed by atoms with Crippen molar-refractivity contribution < 1.29 is 19.2 Å². The van der Waals surface area contributed by atoms with E-state index in [0.717, 1.165) is 17.2 Å². The van der Waals surface area contributed by atoms with Crippen molar-refractivity contribution in [2.75, 3.05) is 6.61 Å². The SMILES string of the molecule is Cc1ccc(C)c(C(=O)COC(=O)c2ccc(C)c([N+](=O)[O-])c2)c1. The van der Waals surface area contributed by atoms with Crippen molar-refractivity contribution in [1.82, 2.24) is 0 Å². The number of aryl methyl sites for hydroxylation is 3. The normalized spacial score (nSPS) is 10.3. The van der Waals surface area contributed by atoms with Crippen LogP contribution in [0.1, 0.15) is 37.4 Å². The molecule has 0 saturated carbocycles. The lowest BCUT2D eigenvalue weighted by Crippen LogP contribution is -2.15. The Morgan fingerprint density at radius 1 is 1.04 bits per heavy atom. The van der Waals surface area contributed by atoms with Gasteiger partial charge in [0.25, 0.3) is 5.69 Å². The molecule has 124 valence electrons. The third-order valence-corrected chi connectivity index (χ3v) is 3.67. The lowest BCUT2D eigenvalue weighted by Gasteiger charge is -2.08. The molecule has 0 unspecified atom stereocenters. The molecule has 2 aromatic rings. The Bertz CT molecular complexity index is 826. The van der Waals surface area contributed by atoms with Crippen molar-refractivity contribution in [3.8, 4) is 0 Å². The first-order valence-corrected chi connectivity index (χ1v) is 7.32. The lowest BCUT2D eigenvalue weighted by molar-refractivity contribution is -0.385. The van der Waals surface area contributed by atoms with E-state index in [1.54, 1.807) is 19.9 Å². The smallest absolute Gasteiger partial charge is 0.338 e. The Hall–Kier alpha value is -3.02. The molecule has 0 atom stereocenters. The van der Waals surface area contributed by atoms with Crippen LogP contribution in [0.5, 0.6) is 0 Å². The van der Waals surface area contributed by atoms with Gasteiger partial charge in [0, 0.05) is 17.2 Å². The molecule has 0 saturated heterocycles. The molecule has 0 bridgehead atoms. The van der Waals surface area contributed by atoms with Gasteiger partial charge in [0.15, 0.2) is 6.61 Å². The van der Waals surface area contributed by atoms with E-state index in [4.69, 9.17) is 4.74 Å². The van der Waals surface area contributed by atoms with E-state index in [1.165, 1.54) is 12.1 Å². The van der Waals surface area contributed by atoms with Crippen molar-refractivity contribution in [3.05, 3.63) is 74.3 Å². The second-order valence-electron chi connectivity index (χ2n) is 5.58. The van der Waals surface area contributed by atoms with Crippen molar-refractivity contribution in [2.45, 2.75) is 20.8 Å². The van der Waals surface area contributed by atoms with E-state index in [0.29, 0.717) is 11.1 Å². The average molecular weight is 327 g/mol. The highest BCUT2D eigenvalue weighted by molar-refractivity contribution is 6.00. The van der Waals surface area contributed by atoms with Crippen molar-refractivity contribution >= 4 is 17.4 Å². The van der Waals surface area contributed by atoms with Crippen LogP contribution in [0.3, 0.4) is 0 Å². The minimum absolute atomic E-state index is 0.0427. The molecule has 2 aromatic carbocycles. The van der Waals surface area contributed by atoms with Gasteiger partial charge in [-0.3, -0.25) is 14.9 Å². The van der Waals surface area contributed by atoms with Crippen LogP contribution in [0.4, 0.5) is 5.69 Å². The number of esters is 1. The fourth-order valence-electron chi connectivity index (χ4n) is 2.26. The monoisotopic (exact) mass is 327 g/mol. The van der Waals surface area contributed by atoms with E-state index < -0.39 is 17.5 Å². The molecule has 0 aliphatic carbocycles. The maximum absolute atomic E-state index is 12.2. The van der Waals surface area contributed by atoms with Crippen LogP contribution < -0.4 is 0 Å². The number of nitro benzene ring substituents is 1. The maximum Gasteiger partial charge on any atom is 0.338 e. The second kappa shape index (κ2) is 7.04. The highest BCUT2D eigenvalue weighted by atomic mass is 16.6. The van der Waals surface area contributed by atoms with Gasteiger partial charge in [0.2, 0.25) is 5.78 Å². The molecule has 0 aliphatic rings. The first kappa shape index (κ1) is 17.3. The zero-order valence-corrected chi connectivity index (χ0v) is 13.7. The Balaban J connectivity index is 2.10. The van der Waals surface area contributed by atoms with Crippen LogP contribution in [-0.2, 0) is 4.74 Å². The molecule has 2 rings (SSSR count). The van der Waals surface area contributed by atoms with Gasteiger partial charge < -0.3 is 4.74 Å². The van der Waals surface area contributed by atoms with E-state index in [9.17, 15) is 19.7 Å². The summed E-state index contributed by atoms with van der Waals surface area (Å²) in [6.07, 6.45) is 0. The number of ether oxygens (including phenoxy) is 1. The minimum atomic E-state index is -0.767. The molecular weight excluding hydrogens is 310 g/mol. The summed E-state index contributed by atoms with van der Waals surface area (Å²) >= 11 is 0. The summed E-state index contributed by atoms with van der Waals surface area (Å²) in [6, 6.07) is 9.52. The number of benzene rings is 2. The number of rotatable bonds is 5. The highest BCUT2D eigenvalue weighted by Crippen LogP contribution is 2.20. The zero-order valence-electron chi connectivity index (χ0n) is 13.7. The minimum Gasteiger partial charge on any atom is -0.454 e. The van der Waals surface area contributed by atoms with Gasteiger partial charge >= 0.3 is 5.97 Å². The quantitative estimate of drug-likeness (QED) is 0.363. The van der Waals surface area contributed by atoms with Gasteiger partial charge in [-0.05, 0) is 38.5 Å². The van der Waals surface area contributed by atoms with E-state index in [1.807, 2.05) is 19.1 Å². The molecular formula is C18H17NO5. The molecule has 0 radical (unpaired) electrons. The first-order valence-electron chi connectivity index (χ1n) is 7.32. The number of ketones is 1. The predicted molar refractivity (Wildman–Crippen MR) is 88.4 cm³/mol. The van der Waals surface area contributed by atoms with E-state index in [2.05, 4.69) is 0 Å². The van der Waals surface area contributed by atoms with Crippen LogP contribution in [0, 0.1) is 30.9 Å². The first-order chi connectivity index (χ1) is 11.3. The third-order valence-electron chi connectivity index (χ3n) is 3.67. The summed E-state index contributed by atoms with van der Waals surface area (Å²) in [5, 5.41) is 10.9. The number of carbonyl (C=O) groups excluding carboxylic acids is 2. The second-order valence-corrected chi connectivity index (χ2v) is 5.58. The lowest BCUT2D eigenvalue weighted by atomic mass is 10.0. The molecule has 0 spiro atoms. The summed E-state index contributed by atoms with van der Waals surface area (Å²) in [7, 11) is 0. The molecule has 0 fully saturated rings. The fourth-order valence-corrected chi connectivity index (χ4v) is 2.26. The van der Waals surface area contributed by atoms with Crippen LogP contribution in [0.2, 0.25) is 0 Å². The van der Waals surface area contributed by atoms with Crippen LogP contribution in [0.25, 0.3) is 0 Å². The summed E-state index contributed by atoms with van der Waals surface area (Å²) < 4.78 is 5.00. The summed E-state index contributed by atoms with van der Waals surface area (Å²) in [5.74, 6) is -1.08. The van der Waals surface area contributed by atoms with Gasteiger partial charge in [-0.1, -0.05) is 23.8 Å². The summed E-state index contributed by atoms with van der Waals surface area (Å²) in [6.45, 7) is 4.84. The van der Waals surface area contributed by atoms with E-state index in [-0.39, 0.29) is 17.0 Å². The molecule has 0 amide bonds. The number of Topliss-reactive ketones (excluding diaryl/α,β-unsaturated/α-hetero) is 1. The van der Waals surface area contributed by atoms with Gasteiger partial charge in [0.05, 0.1) is 10.5 Å². The van der Waals surface area contributed by atoms with Crippen molar-refractivity contribution in [1.29, 1.82) is 0 Å². The fraction of sp³-hybridized carbons (Fsp3) is 0.222. The van der Waals surface area contributed by atoms with Crippen LogP contribution in [0.15, 0.2) is 36.4 Å². The number of hydrogen-bond acceptors (Lipinski definition) is 5. The molecule has 0 aromatic heterocycles. The Morgan fingerprint density at radius 2 is 1.71 bits per heavy atom. The topological polar surface area (TPSA) is 86.5 Å². The Morgan fingerprint density at radius 3 is 2.38 bits per heavy atom. The van der Waals surface area contributed by atoms with Crippen molar-refractivity contribution in [3.63, 3.8) is 0 Å². The molecule has 0 heterocycles. The summed E-state index contributed by atoms with van der Waals surface area (Å²) in [5.41, 5.74) is 2.56. The summed E-state index contributed by atoms with van der Waals surface area (Å²) in [4.78, 5) is 34.6. The van der Waals surface area contributed by atoms with Crippen molar-refractivity contribution in [2.24, 2.45) is 0 Å². The number of hydrogen-bond donors (Lipinski definition) is 0. The number of carbonyl (C=O) groups is 2. The zero-order chi connectivity index (χ0) is 17.9. The standard InChI is InChI=1S/C18H17NO5/c1-11-4-5-12(2)15(8-11)17(20)10-24-18(21)14-7-6-13(3)16(9-14)19(22)23/h4-9H,10H2,1-3H3. The Labute approximate surface area is 139 Å².